The summed E-state index contributed by atoms with van der Waals surface area (Å²) in [5.41, 5.74) is 2.09. The number of carboxylic acid groups (broad SMARTS) is 1. The maximum atomic E-state index is 14.3. The highest BCUT2D eigenvalue weighted by Gasteiger charge is 2.29. The van der Waals surface area contributed by atoms with Gasteiger partial charge in [0.15, 0.2) is 0 Å². The molecule has 0 fully saturated rings. The summed E-state index contributed by atoms with van der Waals surface area (Å²) in [5, 5.41) is 16.4. The molecule has 0 saturated carbocycles. The lowest BCUT2D eigenvalue weighted by atomic mass is 9.84. The third kappa shape index (κ3) is 4.89. The van der Waals surface area contributed by atoms with E-state index in [0.29, 0.717) is 16.8 Å². The Morgan fingerprint density at radius 1 is 1.21 bits per heavy atom. The molecular formula is C25H26F2N4O2. The summed E-state index contributed by atoms with van der Waals surface area (Å²) < 4.78 is 28.2. The summed E-state index contributed by atoms with van der Waals surface area (Å²) >= 11 is 0. The average Bonchev–Trinajstić information content (AvgIpc) is 3.17. The van der Waals surface area contributed by atoms with Gasteiger partial charge in [-0.2, -0.15) is 0 Å². The number of aliphatic carboxylic acids is 1. The van der Waals surface area contributed by atoms with Gasteiger partial charge in [0, 0.05) is 41.0 Å². The number of benzene rings is 2. The van der Waals surface area contributed by atoms with Crippen LogP contribution in [0.1, 0.15) is 44.5 Å². The van der Waals surface area contributed by atoms with E-state index >= 15 is 0 Å². The van der Waals surface area contributed by atoms with Gasteiger partial charge >= 0.3 is 5.97 Å². The molecule has 0 spiro atoms. The Bertz CT molecular complexity index is 1240. The third-order valence-corrected chi connectivity index (χ3v) is 5.71. The summed E-state index contributed by atoms with van der Waals surface area (Å²) in [6, 6.07) is 11.3. The van der Waals surface area contributed by atoms with Crippen molar-refractivity contribution in [2.24, 2.45) is 10.4 Å². The monoisotopic (exact) mass is 452 g/mol. The Hall–Kier alpha value is -3.68. The van der Waals surface area contributed by atoms with Crippen molar-refractivity contribution >= 4 is 28.4 Å². The largest absolute Gasteiger partial charge is 0.481 e. The molecule has 0 bridgehead atoms. The van der Waals surface area contributed by atoms with Gasteiger partial charge in [-0.3, -0.25) is 4.79 Å². The predicted octanol–water partition coefficient (Wildman–Crippen LogP) is 4.97. The van der Waals surface area contributed by atoms with Gasteiger partial charge in [-0.15, -0.1) is 0 Å². The van der Waals surface area contributed by atoms with Crippen LogP contribution in [-0.4, -0.2) is 27.9 Å². The van der Waals surface area contributed by atoms with Gasteiger partial charge in [0.05, 0.1) is 11.9 Å². The number of nitrogens with one attached hydrogen (secondary N) is 3. The highest BCUT2D eigenvalue weighted by molar-refractivity contribution is 6.01. The SMILES string of the molecule is CC(C)(C)C(CC(=O)O)NC1=NC(c2c[nH]c3c(F)cc(F)cc23)NC(c2ccccc2)=C1. The number of halogens is 2. The zero-order valence-corrected chi connectivity index (χ0v) is 18.6. The number of hydrogen-bond donors (Lipinski definition) is 4. The number of aromatic nitrogens is 1. The van der Waals surface area contributed by atoms with Crippen molar-refractivity contribution in [3.8, 4) is 0 Å². The first-order valence-electron chi connectivity index (χ1n) is 10.7. The van der Waals surface area contributed by atoms with Crippen LogP contribution in [0, 0.1) is 17.0 Å². The molecule has 2 heterocycles. The second-order valence-electron chi connectivity index (χ2n) is 9.20. The molecule has 33 heavy (non-hydrogen) atoms. The van der Waals surface area contributed by atoms with Gasteiger partial charge in [0.2, 0.25) is 0 Å². The summed E-state index contributed by atoms with van der Waals surface area (Å²) in [4.78, 5) is 19.1. The topological polar surface area (TPSA) is 89.5 Å². The number of hydrogen-bond acceptors (Lipinski definition) is 4. The Kier molecular flexibility index (Phi) is 5.93. The predicted molar refractivity (Wildman–Crippen MR) is 125 cm³/mol. The summed E-state index contributed by atoms with van der Waals surface area (Å²) in [7, 11) is 0. The van der Waals surface area contributed by atoms with Gasteiger partial charge < -0.3 is 20.7 Å². The molecule has 0 saturated heterocycles. The number of aromatic amines is 1. The van der Waals surface area contributed by atoms with E-state index in [1.165, 1.54) is 6.07 Å². The molecule has 1 aliphatic rings. The van der Waals surface area contributed by atoms with Crippen LogP contribution in [-0.2, 0) is 4.79 Å². The van der Waals surface area contributed by atoms with Crippen molar-refractivity contribution in [3.05, 3.63) is 77.5 Å². The number of carboxylic acids is 1. The van der Waals surface area contributed by atoms with Crippen LogP contribution < -0.4 is 10.6 Å². The molecule has 2 unspecified atom stereocenters. The standard InChI is InChI=1S/C25H26F2N4O2/c1-25(2,3)20(12-22(32)33)30-21-11-19(14-7-5-4-6-8-14)29-24(31-21)17-13-28-23-16(17)9-15(26)10-18(23)27/h4-11,13,20,24,28-29H,12H2,1-3H3,(H,30,31)(H,32,33). The highest BCUT2D eigenvalue weighted by atomic mass is 19.1. The molecule has 2 aromatic carbocycles. The molecule has 172 valence electrons. The Morgan fingerprint density at radius 3 is 2.61 bits per heavy atom. The Labute approximate surface area is 190 Å². The quantitative estimate of drug-likeness (QED) is 0.440. The first-order chi connectivity index (χ1) is 15.6. The molecule has 4 N–H and O–H groups in total. The number of amidine groups is 1. The van der Waals surface area contributed by atoms with Gasteiger partial charge in [0.25, 0.3) is 0 Å². The normalized spacial score (nSPS) is 17.2. The van der Waals surface area contributed by atoms with Gasteiger partial charge in [-0.1, -0.05) is 51.1 Å². The number of rotatable bonds is 5. The molecule has 0 radical (unpaired) electrons. The fourth-order valence-corrected chi connectivity index (χ4v) is 3.87. The summed E-state index contributed by atoms with van der Waals surface area (Å²) in [6.07, 6.45) is 2.70. The summed E-state index contributed by atoms with van der Waals surface area (Å²) in [5.74, 6) is -1.78. The van der Waals surface area contributed by atoms with Crippen molar-refractivity contribution in [2.45, 2.75) is 39.4 Å². The molecule has 0 aliphatic carbocycles. The second-order valence-corrected chi connectivity index (χ2v) is 9.20. The Morgan fingerprint density at radius 2 is 1.94 bits per heavy atom. The summed E-state index contributed by atoms with van der Waals surface area (Å²) in [6.45, 7) is 5.87. The minimum Gasteiger partial charge on any atom is -0.481 e. The zero-order chi connectivity index (χ0) is 23.8. The van der Waals surface area contributed by atoms with E-state index < -0.39 is 29.8 Å². The van der Waals surface area contributed by atoms with Crippen LogP contribution in [0.3, 0.4) is 0 Å². The van der Waals surface area contributed by atoms with E-state index in [4.69, 9.17) is 4.99 Å². The number of aliphatic imine (C=N–C) groups is 1. The molecule has 4 rings (SSSR count). The van der Waals surface area contributed by atoms with Crippen LogP contribution in [0.5, 0.6) is 0 Å². The van der Waals surface area contributed by atoms with Crippen molar-refractivity contribution in [1.82, 2.24) is 15.6 Å². The smallest absolute Gasteiger partial charge is 0.305 e. The average molecular weight is 453 g/mol. The molecule has 8 heteroatoms. The number of nitrogens with zero attached hydrogens (tertiary/aromatic N) is 1. The molecule has 1 aliphatic heterocycles. The third-order valence-electron chi connectivity index (χ3n) is 5.71. The molecule has 3 aromatic rings. The fourth-order valence-electron chi connectivity index (χ4n) is 3.87. The van der Waals surface area contributed by atoms with Crippen molar-refractivity contribution < 1.29 is 18.7 Å². The van der Waals surface area contributed by atoms with Crippen LogP contribution in [0.15, 0.2) is 59.7 Å². The lowest BCUT2D eigenvalue weighted by Crippen LogP contribution is -2.46. The van der Waals surface area contributed by atoms with Crippen LogP contribution in [0.25, 0.3) is 16.6 Å². The minimum absolute atomic E-state index is 0.0847. The van der Waals surface area contributed by atoms with E-state index in [0.717, 1.165) is 17.3 Å². The molecule has 0 amide bonds. The lowest BCUT2D eigenvalue weighted by molar-refractivity contribution is -0.138. The van der Waals surface area contributed by atoms with E-state index in [-0.39, 0.29) is 17.4 Å². The van der Waals surface area contributed by atoms with Crippen LogP contribution in [0.4, 0.5) is 8.78 Å². The maximum Gasteiger partial charge on any atom is 0.305 e. The van der Waals surface area contributed by atoms with E-state index in [1.807, 2.05) is 57.2 Å². The molecule has 1 aromatic heterocycles. The van der Waals surface area contributed by atoms with Crippen molar-refractivity contribution in [3.63, 3.8) is 0 Å². The van der Waals surface area contributed by atoms with Crippen molar-refractivity contribution in [2.75, 3.05) is 0 Å². The van der Waals surface area contributed by atoms with Gasteiger partial charge in [-0.05, 0) is 17.0 Å². The zero-order valence-electron chi connectivity index (χ0n) is 18.6. The minimum atomic E-state index is -0.914. The van der Waals surface area contributed by atoms with Crippen molar-refractivity contribution in [1.29, 1.82) is 0 Å². The number of carbonyl (C=O) groups is 1. The van der Waals surface area contributed by atoms with Gasteiger partial charge in [0.1, 0.15) is 23.6 Å². The first kappa shape index (κ1) is 22.5. The number of H-pyrrole nitrogens is 1. The molecular weight excluding hydrogens is 426 g/mol. The Balaban J connectivity index is 1.78. The van der Waals surface area contributed by atoms with Crippen LogP contribution >= 0.6 is 0 Å². The second kappa shape index (κ2) is 8.69. The van der Waals surface area contributed by atoms with Gasteiger partial charge in [-0.25, -0.2) is 13.8 Å². The van der Waals surface area contributed by atoms with E-state index in [9.17, 15) is 18.7 Å². The molecule has 2 atom stereocenters. The van der Waals surface area contributed by atoms with E-state index in [2.05, 4.69) is 15.6 Å². The molecule has 6 nitrogen and oxygen atoms in total. The van der Waals surface area contributed by atoms with Crippen LogP contribution in [0.2, 0.25) is 0 Å². The highest BCUT2D eigenvalue weighted by Crippen LogP contribution is 2.32. The number of fused-ring (bicyclic) bond motifs is 1. The lowest BCUT2D eigenvalue weighted by Gasteiger charge is -2.33. The van der Waals surface area contributed by atoms with E-state index in [1.54, 1.807) is 6.20 Å². The first-order valence-corrected chi connectivity index (χ1v) is 10.7. The maximum absolute atomic E-state index is 14.3. The fraction of sp³-hybridized carbons (Fsp3) is 0.280.